The van der Waals surface area contributed by atoms with E-state index in [1.54, 1.807) is 12.1 Å². The number of rotatable bonds is 2. The first-order chi connectivity index (χ1) is 7.18. The van der Waals surface area contributed by atoms with E-state index in [0.717, 1.165) is 24.8 Å². The van der Waals surface area contributed by atoms with Crippen LogP contribution in [0, 0.1) is 5.82 Å². The lowest BCUT2D eigenvalue weighted by molar-refractivity contribution is 0.294. The summed E-state index contributed by atoms with van der Waals surface area (Å²) in [5, 5.41) is 0. The van der Waals surface area contributed by atoms with E-state index < -0.39 is 0 Å². The van der Waals surface area contributed by atoms with Crippen LogP contribution in [0.25, 0.3) is 0 Å². The summed E-state index contributed by atoms with van der Waals surface area (Å²) >= 11 is 0. The van der Waals surface area contributed by atoms with Crippen molar-refractivity contribution in [2.24, 2.45) is 5.73 Å². The van der Waals surface area contributed by atoms with Crippen LogP contribution in [0.5, 0.6) is 0 Å². The van der Waals surface area contributed by atoms with Gasteiger partial charge in [-0.15, -0.1) is 0 Å². The molecule has 2 heteroatoms. The first-order valence-corrected chi connectivity index (χ1v) is 5.71. The molecule has 0 bridgehead atoms. The molecule has 15 heavy (non-hydrogen) atoms. The van der Waals surface area contributed by atoms with Gasteiger partial charge in [0.1, 0.15) is 5.82 Å². The van der Waals surface area contributed by atoms with Gasteiger partial charge < -0.3 is 5.73 Å². The van der Waals surface area contributed by atoms with Crippen LogP contribution in [0.2, 0.25) is 0 Å². The molecule has 1 nitrogen and oxygen atoms in total. The predicted molar refractivity (Wildman–Crippen MR) is 60.1 cm³/mol. The Morgan fingerprint density at radius 2 is 1.93 bits per heavy atom. The van der Waals surface area contributed by atoms with Crippen molar-refractivity contribution < 1.29 is 4.39 Å². The van der Waals surface area contributed by atoms with Gasteiger partial charge in [-0.25, -0.2) is 4.39 Å². The maximum atomic E-state index is 13.0. The normalized spacial score (nSPS) is 20.1. The molecule has 82 valence electrons. The Morgan fingerprint density at radius 3 is 2.60 bits per heavy atom. The molecular weight excluding hydrogens is 189 g/mol. The number of halogens is 1. The molecule has 1 fully saturated rings. The standard InChI is InChI=1S/C13H18FN/c14-12-6-4-5-11(9-12)10-13(15)7-2-1-3-8-13/h4-6,9H,1-3,7-8,10,15H2. The molecule has 1 aliphatic rings. The van der Waals surface area contributed by atoms with Gasteiger partial charge in [-0.3, -0.25) is 0 Å². The third-order valence-corrected chi connectivity index (χ3v) is 3.29. The van der Waals surface area contributed by atoms with Crippen molar-refractivity contribution in [2.75, 3.05) is 0 Å². The van der Waals surface area contributed by atoms with Crippen molar-refractivity contribution in [2.45, 2.75) is 44.1 Å². The maximum Gasteiger partial charge on any atom is 0.123 e. The molecule has 0 heterocycles. The van der Waals surface area contributed by atoms with Crippen LogP contribution in [-0.4, -0.2) is 5.54 Å². The molecule has 0 aromatic heterocycles. The van der Waals surface area contributed by atoms with Crippen LogP contribution in [0.4, 0.5) is 4.39 Å². The second-order valence-electron chi connectivity index (χ2n) is 4.73. The highest BCUT2D eigenvalue weighted by molar-refractivity contribution is 5.19. The minimum atomic E-state index is -0.160. The molecule has 0 spiro atoms. The Morgan fingerprint density at radius 1 is 1.20 bits per heavy atom. The van der Waals surface area contributed by atoms with Crippen LogP contribution < -0.4 is 5.73 Å². The van der Waals surface area contributed by atoms with Crippen molar-refractivity contribution in [3.8, 4) is 0 Å². The predicted octanol–water partition coefficient (Wildman–Crippen LogP) is 3.03. The molecule has 0 saturated heterocycles. The number of hydrogen-bond acceptors (Lipinski definition) is 1. The molecule has 1 saturated carbocycles. The van der Waals surface area contributed by atoms with Gasteiger partial charge in [-0.2, -0.15) is 0 Å². The molecule has 1 aromatic carbocycles. The summed E-state index contributed by atoms with van der Waals surface area (Å²) in [7, 11) is 0. The fourth-order valence-corrected chi connectivity index (χ4v) is 2.49. The van der Waals surface area contributed by atoms with E-state index in [9.17, 15) is 4.39 Å². The zero-order valence-corrected chi connectivity index (χ0v) is 9.01. The maximum absolute atomic E-state index is 13.0. The quantitative estimate of drug-likeness (QED) is 0.792. The van der Waals surface area contributed by atoms with E-state index in [4.69, 9.17) is 5.73 Å². The van der Waals surface area contributed by atoms with E-state index in [1.165, 1.54) is 25.3 Å². The Kier molecular flexibility index (Phi) is 3.06. The van der Waals surface area contributed by atoms with Gasteiger partial charge in [-0.1, -0.05) is 31.4 Å². The fourth-order valence-electron chi connectivity index (χ4n) is 2.49. The number of benzene rings is 1. The summed E-state index contributed by atoms with van der Waals surface area (Å²) in [4.78, 5) is 0. The van der Waals surface area contributed by atoms with Gasteiger partial charge in [0.15, 0.2) is 0 Å². The van der Waals surface area contributed by atoms with Crippen LogP contribution in [0.15, 0.2) is 24.3 Å². The Labute approximate surface area is 90.5 Å². The molecule has 2 N–H and O–H groups in total. The molecule has 1 aliphatic carbocycles. The molecular formula is C13H18FN. The van der Waals surface area contributed by atoms with E-state index >= 15 is 0 Å². The van der Waals surface area contributed by atoms with Gasteiger partial charge in [0.05, 0.1) is 0 Å². The largest absolute Gasteiger partial charge is 0.325 e. The molecule has 2 rings (SSSR count). The van der Waals surface area contributed by atoms with Gasteiger partial charge in [0, 0.05) is 5.54 Å². The zero-order valence-electron chi connectivity index (χ0n) is 9.01. The van der Waals surface area contributed by atoms with E-state index in [0.29, 0.717) is 0 Å². The topological polar surface area (TPSA) is 26.0 Å². The molecule has 0 radical (unpaired) electrons. The van der Waals surface area contributed by atoms with Crippen molar-refractivity contribution in [3.05, 3.63) is 35.6 Å². The van der Waals surface area contributed by atoms with E-state index in [-0.39, 0.29) is 11.4 Å². The average Bonchev–Trinajstić information content (AvgIpc) is 2.18. The highest BCUT2D eigenvalue weighted by atomic mass is 19.1. The van der Waals surface area contributed by atoms with Crippen molar-refractivity contribution in [1.29, 1.82) is 0 Å². The smallest absolute Gasteiger partial charge is 0.123 e. The molecule has 0 aliphatic heterocycles. The lowest BCUT2D eigenvalue weighted by Gasteiger charge is -2.33. The molecule has 0 atom stereocenters. The summed E-state index contributed by atoms with van der Waals surface area (Å²) in [6.07, 6.45) is 6.68. The minimum absolute atomic E-state index is 0.0912. The zero-order chi connectivity index (χ0) is 10.7. The summed E-state index contributed by atoms with van der Waals surface area (Å²) < 4.78 is 13.0. The first-order valence-electron chi connectivity index (χ1n) is 5.71. The Balaban J connectivity index is 2.06. The second-order valence-corrected chi connectivity index (χ2v) is 4.73. The van der Waals surface area contributed by atoms with Gasteiger partial charge in [0.2, 0.25) is 0 Å². The van der Waals surface area contributed by atoms with Gasteiger partial charge >= 0.3 is 0 Å². The highest BCUT2D eigenvalue weighted by Crippen LogP contribution is 2.29. The van der Waals surface area contributed by atoms with Crippen molar-refractivity contribution in [3.63, 3.8) is 0 Å². The van der Waals surface area contributed by atoms with Gasteiger partial charge in [-0.05, 0) is 37.0 Å². The second kappa shape index (κ2) is 4.31. The lowest BCUT2D eigenvalue weighted by Crippen LogP contribution is -2.43. The Bertz CT molecular complexity index is 329. The van der Waals surface area contributed by atoms with Crippen LogP contribution in [0.3, 0.4) is 0 Å². The first kappa shape index (κ1) is 10.6. The highest BCUT2D eigenvalue weighted by Gasteiger charge is 2.27. The minimum Gasteiger partial charge on any atom is -0.325 e. The summed E-state index contributed by atoms with van der Waals surface area (Å²) in [6, 6.07) is 6.81. The van der Waals surface area contributed by atoms with E-state index in [2.05, 4.69) is 0 Å². The lowest BCUT2D eigenvalue weighted by atomic mass is 9.78. The molecule has 1 aromatic rings. The summed E-state index contributed by atoms with van der Waals surface area (Å²) in [5.74, 6) is -0.160. The third-order valence-electron chi connectivity index (χ3n) is 3.29. The van der Waals surface area contributed by atoms with Crippen LogP contribution in [0.1, 0.15) is 37.7 Å². The summed E-state index contributed by atoms with van der Waals surface area (Å²) in [6.45, 7) is 0. The van der Waals surface area contributed by atoms with E-state index in [1.807, 2.05) is 6.07 Å². The average molecular weight is 207 g/mol. The van der Waals surface area contributed by atoms with Crippen molar-refractivity contribution in [1.82, 2.24) is 0 Å². The number of hydrogen-bond donors (Lipinski definition) is 1. The number of nitrogens with two attached hydrogens (primary N) is 1. The fraction of sp³-hybridized carbons (Fsp3) is 0.538. The Hall–Kier alpha value is -0.890. The monoisotopic (exact) mass is 207 g/mol. The van der Waals surface area contributed by atoms with Crippen LogP contribution >= 0.6 is 0 Å². The van der Waals surface area contributed by atoms with Crippen LogP contribution in [-0.2, 0) is 6.42 Å². The molecule has 0 amide bonds. The summed E-state index contributed by atoms with van der Waals surface area (Å²) in [5.41, 5.74) is 7.25. The van der Waals surface area contributed by atoms with Crippen molar-refractivity contribution >= 4 is 0 Å². The SMILES string of the molecule is NC1(Cc2cccc(F)c2)CCCCC1. The molecule has 0 unspecified atom stereocenters. The van der Waals surface area contributed by atoms with Gasteiger partial charge in [0.25, 0.3) is 0 Å². The third kappa shape index (κ3) is 2.78.